The van der Waals surface area contributed by atoms with Gasteiger partial charge in [-0.1, -0.05) is 20.8 Å². The van der Waals surface area contributed by atoms with Gasteiger partial charge < -0.3 is 39.4 Å². The van der Waals surface area contributed by atoms with E-state index in [2.05, 4.69) is 20.8 Å². The zero-order chi connectivity index (χ0) is 32.7. The van der Waals surface area contributed by atoms with Gasteiger partial charge in [0.05, 0.1) is 36.6 Å². The molecule has 0 aromatic rings. The van der Waals surface area contributed by atoms with Crippen LogP contribution in [-0.2, 0) is 23.7 Å². The Hall–Kier alpha value is -0.810. The average molecular weight is 637 g/mol. The predicted molar refractivity (Wildman–Crippen MR) is 167 cm³/mol. The Bertz CT molecular complexity index is 1100. The van der Waals surface area contributed by atoms with Crippen molar-refractivity contribution in [2.24, 2.45) is 45.3 Å². The van der Waals surface area contributed by atoms with E-state index in [1.54, 1.807) is 13.8 Å². The van der Waals surface area contributed by atoms with Crippen LogP contribution in [0.25, 0.3) is 0 Å². The molecule has 45 heavy (non-hydrogen) atoms. The van der Waals surface area contributed by atoms with Crippen molar-refractivity contribution in [1.29, 1.82) is 0 Å². The molecule has 5 saturated carbocycles. The van der Waals surface area contributed by atoms with E-state index in [1.807, 2.05) is 0 Å². The maximum Gasteiger partial charge on any atom is 0.303 e. The van der Waals surface area contributed by atoms with E-state index in [4.69, 9.17) is 24.1 Å². The minimum atomic E-state index is -1.15. The highest BCUT2D eigenvalue weighted by molar-refractivity contribution is 5.66. The van der Waals surface area contributed by atoms with Crippen molar-refractivity contribution >= 4 is 5.97 Å². The number of ether oxygens (including phenoxy) is 4. The molecule has 0 aromatic heterocycles. The molecule has 2 spiro atoms. The normalized spacial score (nSPS) is 50.3. The number of carbonyl (C=O) groups is 1. The van der Waals surface area contributed by atoms with Crippen molar-refractivity contribution in [3.05, 3.63) is 0 Å². The number of esters is 1. The molecule has 14 atom stereocenters. The zero-order valence-corrected chi connectivity index (χ0v) is 28.7. The van der Waals surface area contributed by atoms with Crippen molar-refractivity contribution in [2.45, 2.75) is 161 Å². The van der Waals surface area contributed by atoms with E-state index in [0.29, 0.717) is 35.0 Å². The minimum Gasteiger partial charge on any atom is -0.457 e. The van der Waals surface area contributed by atoms with Crippen LogP contribution in [0.2, 0.25) is 0 Å². The summed E-state index contributed by atoms with van der Waals surface area (Å²) in [4.78, 5) is 11.9. The molecular weight excluding hydrogens is 576 g/mol. The third kappa shape index (κ3) is 5.25. The van der Waals surface area contributed by atoms with Crippen LogP contribution in [0.1, 0.15) is 112 Å². The van der Waals surface area contributed by atoms with E-state index < -0.39 is 30.2 Å². The maximum atomic E-state index is 11.9. The van der Waals surface area contributed by atoms with Crippen LogP contribution in [0.3, 0.4) is 0 Å². The highest BCUT2D eigenvalue weighted by Crippen LogP contribution is 2.87. The topological polar surface area (TPSA) is 135 Å². The third-order valence-electron chi connectivity index (χ3n) is 14.5. The number of hydrogen-bond acceptors (Lipinski definition) is 9. The summed E-state index contributed by atoms with van der Waals surface area (Å²) >= 11 is 0. The van der Waals surface area contributed by atoms with E-state index in [9.17, 15) is 20.1 Å². The third-order valence-corrected chi connectivity index (χ3v) is 14.5. The first-order valence-electron chi connectivity index (χ1n) is 17.8. The number of aliphatic hydroxyl groups is 4. The average Bonchev–Trinajstić information content (AvgIpc) is 3.55. The van der Waals surface area contributed by atoms with Gasteiger partial charge in [-0.15, -0.1) is 0 Å². The second kappa shape index (κ2) is 11.7. The lowest BCUT2D eigenvalue weighted by molar-refractivity contribution is -0.264. The second-order valence-electron chi connectivity index (χ2n) is 17.3. The van der Waals surface area contributed by atoms with Gasteiger partial charge in [0, 0.05) is 20.5 Å². The molecule has 0 bridgehead atoms. The first-order valence-corrected chi connectivity index (χ1v) is 17.8. The van der Waals surface area contributed by atoms with Gasteiger partial charge >= 0.3 is 5.97 Å². The molecule has 7 fully saturated rings. The quantitative estimate of drug-likeness (QED) is 0.257. The van der Waals surface area contributed by atoms with Gasteiger partial charge in [-0.2, -0.15) is 0 Å². The lowest BCUT2D eigenvalue weighted by atomic mass is 9.46. The van der Waals surface area contributed by atoms with Gasteiger partial charge in [-0.25, -0.2) is 0 Å². The zero-order valence-electron chi connectivity index (χ0n) is 28.7. The molecule has 9 unspecified atom stereocenters. The first-order chi connectivity index (χ1) is 21.1. The molecule has 0 aromatic carbocycles. The maximum absolute atomic E-state index is 11.9. The monoisotopic (exact) mass is 636 g/mol. The molecule has 258 valence electrons. The van der Waals surface area contributed by atoms with Crippen LogP contribution >= 0.6 is 0 Å². The summed E-state index contributed by atoms with van der Waals surface area (Å²) in [6.45, 7) is 12.4. The van der Waals surface area contributed by atoms with Gasteiger partial charge in [0.2, 0.25) is 0 Å². The molecular formula is C36H60O9. The second-order valence-corrected chi connectivity index (χ2v) is 17.3. The highest BCUT2D eigenvalue weighted by Gasteiger charge is 2.80. The molecule has 2 saturated heterocycles. The number of rotatable bonds is 5. The first kappa shape index (κ1) is 34.1. The molecule has 5 aliphatic carbocycles. The lowest BCUT2D eigenvalue weighted by Gasteiger charge is -2.60. The Kier molecular flexibility index (Phi) is 8.83. The van der Waals surface area contributed by atoms with E-state index in [0.717, 1.165) is 38.7 Å². The largest absolute Gasteiger partial charge is 0.457 e. The standard InChI is InChI=1S/C35H56O8.CH4O/c1-19(36)41-30(32(4,5)39)25-9-7-21-26(42-25)15-22-20-8-10-27-31(2,3)28(43-29-16-23(37)24(38)17-40-29)11-12-35(27)18-34(20,35)14-13-33(21,22)6;1-2/h20-30,37-39H,7-18H2,1-6H3;2H,1H3/t20?,21-,22?,23+,24+,25?,26?,27?,28?,29?,30-,33?,34-,35?;/m0./s1. The molecule has 0 amide bonds. The van der Waals surface area contributed by atoms with Crippen molar-refractivity contribution in [1.82, 2.24) is 0 Å². The molecule has 4 N–H and O–H groups in total. The van der Waals surface area contributed by atoms with Crippen LogP contribution in [-0.4, -0.2) is 88.6 Å². The number of aliphatic hydroxyl groups excluding tert-OH is 3. The van der Waals surface area contributed by atoms with Gasteiger partial charge in [0.15, 0.2) is 12.4 Å². The Balaban J connectivity index is 0.00000175. The fourth-order valence-electron chi connectivity index (χ4n) is 12.6. The van der Waals surface area contributed by atoms with Crippen LogP contribution in [0.4, 0.5) is 0 Å². The Labute approximate surface area is 269 Å². The van der Waals surface area contributed by atoms with Crippen molar-refractivity contribution < 1.29 is 44.2 Å². The molecule has 9 heteroatoms. The van der Waals surface area contributed by atoms with E-state index >= 15 is 0 Å². The minimum absolute atomic E-state index is 0.0284. The molecule has 0 radical (unpaired) electrons. The molecule has 7 aliphatic rings. The number of fused-ring (bicyclic) bond motifs is 4. The highest BCUT2D eigenvalue weighted by atomic mass is 16.7. The predicted octanol–water partition coefficient (Wildman–Crippen LogP) is 4.36. The van der Waals surface area contributed by atoms with Crippen LogP contribution in [0.5, 0.6) is 0 Å². The molecule has 7 rings (SSSR count). The van der Waals surface area contributed by atoms with E-state index in [-0.39, 0.29) is 41.7 Å². The number of carbonyl (C=O) groups excluding carboxylic acids is 1. The van der Waals surface area contributed by atoms with Crippen LogP contribution < -0.4 is 0 Å². The van der Waals surface area contributed by atoms with Gasteiger partial charge in [-0.3, -0.25) is 4.79 Å². The Morgan fingerprint density at radius 3 is 2.27 bits per heavy atom. The summed E-state index contributed by atoms with van der Waals surface area (Å²) in [5.41, 5.74) is 0.00131. The Morgan fingerprint density at radius 1 is 0.889 bits per heavy atom. The van der Waals surface area contributed by atoms with Crippen molar-refractivity contribution in [2.75, 3.05) is 13.7 Å². The number of hydrogen-bond donors (Lipinski definition) is 4. The SMILES string of the molecule is CC(=O)O[C@@H](C1CC[C@H]2C(CC3C4CCC5C(C)(C)C(OC6C[C@@H](O)[C@H](O)CO6)CCC56C[C@@]46CCC32C)O1)C(C)(C)O.CO. The van der Waals surface area contributed by atoms with Gasteiger partial charge in [0.25, 0.3) is 0 Å². The van der Waals surface area contributed by atoms with E-state index in [1.165, 1.54) is 45.4 Å². The fourth-order valence-corrected chi connectivity index (χ4v) is 12.6. The summed E-state index contributed by atoms with van der Waals surface area (Å²) in [6, 6.07) is 0. The fraction of sp³-hybridized carbons (Fsp3) is 0.972. The van der Waals surface area contributed by atoms with Gasteiger partial charge in [0.1, 0.15) is 6.10 Å². The van der Waals surface area contributed by atoms with Crippen LogP contribution in [0, 0.1) is 45.3 Å². The van der Waals surface area contributed by atoms with Crippen molar-refractivity contribution in [3.63, 3.8) is 0 Å². The van der Waals surface area contributed by atoms with Crippen molar-refractivity contribution in [3.8, 4) is 0 Å². The summed E-state index contributed by atoms with van der Waals surface area (Å²) in [6.07, 6.45) is 9.32. The summed E-state index contributed by atoms with van der Waals surface area (Å²) in [7, 11) is 1.00. The molecule has 2 heterocycles. The van der Waals surface area contributed by atoms with Crippen LogP contribution in [0.15, 0.2) is 0 Å². The summed E-state index contributed by atoms with van der Waals surface area (Å²) in [5.74, 6) is 2.18. The summed E-state index contributed by atoms with van der Waals surface area (Å²) < 4.78 is 24.8. The molecule has 2 aliphatic heterocycles. The lowest BCUT2D eigenvalue weighted by Crippen LogP contribution is -2.56. The molecule has 9 nitrogen and oxygen atoms in total. The van der Waals surface area contributed by atoms with Gasteiger partial charge in [-0.05, 0) is 123 Å². The smallest absolute Gasteiger partial charge is 0.303 e. The summed E-state index contributed by atoms with van der Waals surface area (Å²) in [5, 5.41) is 38.0. The Morgan fingerprint density at radius 2 is 1.60 bits per heavy atom.